The minimum atomic E-state index is 0.0124. The second kappa shape index (κ2) is 7.79. The molecule has 0 radical (unpaired) electrons. The lowest BCUT2D eigenvalue weighted by Gasteiger charge is -2.18. The van der Waals surface area contributed by atoms with Gasteiger partial charge >= 0.3 is 0 Å². The number of carbonyl (C=O) groups is 1. The van der Waals surface area contributed by atoms with E-state index in [4.69, 9.17) is 0 Å². The molecule has 2 aromatic rings. The van der Waals surface area contributed by atoms with Crippen LogP contribution in [0.2, 0.25) is 0 Å². The molecular formula is C16H25N5O. The fourth-order valence-electron chi connectivity index (χ4n) is 2.40. The maximum atomic E-state index is 11.8. The largest absolute Gasteiger partial charge is 0.376 e. The first kappa shape index (κ1) is 16.3. The van der Waals surface area contributed by atoms with Gasteiger partial charge in [-0.05, 0) is 31.3 Å². The summed E-state index contributed by atoms with van der Waals surface area (Å²) in [7, 11) is 1.90. The van der Waals surface area contributed by atoms with Crippen LogP contribution in [0.1, 0.15) is 13.8 Å². The van der Waals surface area contributed by atoms with E-state index in [1.165, 1.54) is 0 Å². The fourth-order valence-corrected chi connectivity index (χ4v) is 2.40. The maximum absolute atomic E-state index is 11.8. The molecule has 0 bridgehead atoms. The van der Waals surface area contributed by atoms with Crippen LogP contribution >= 0.6 is 0 Å². The van der Waals surface area contributed by atoms with Crippen LogP contribution in [0.15, 0.2) is 24.4 Å². The molecule has 0 atom stereocenters. The van der Waals surface area contributed by atoms with E-state index >= 15 is 0 Å². The number of carbonyl (C=O) groups excluding carboxylic acids is 1. The lowest BCUT2D eigenvalue weighted by Crippen LogP contribution is -2.37. The highest BCUT2D eigenvalue weighted by molar-refractivity contribution is 5.84. The van der Waals surface area contributed by atoms with Crippen molar-refractivity contribution < 1.29 is 4.79 Å². The number of aromatic nitrogens is 2. The number of hydrogen-bond acceptors (Lipinski definition) is 4. The summed E-state index contributed by atoms with van der Waals surface area (Å²) in [5.41, 5.74) is 1.89. The molecule has 0 saturated heterocycles. The van der Waals surface area contributed by atoms with E-state index in [2.05, 4.69) is 34.5 Å². The number of rotatable bonds is 8. The SMILES string of the molecule is CCN(CC)CCNC(=O)CNc1ccc2nn(C)cc2c1. The fraction of sp³-hybridized carbons (Fsp3) is 0.500. The van der Waals surface area contributed by atoms with Gasteiger partial charge in [-0.1, -0.05) is 13.8 Å². The summed E-state index contributed by atoms with van der Waals surface area (Å²) in [5.74, 6) is 0.0124. The highest BCUT2D eigenvalue weighted by Gasteiger charge is 2.04. The van der Waals surface area contributed by atoms with Crippen LogP contribution in [0.5, 0.6) is 0 Å². The topological polar surface area (TPSA) is 62.2 Å². The van der Waals surface area contributed by atoms with Crippen molar-refractivity contribution in [1.29, 1.82) is 0 Å². The molecule has 1 aromatic heterocycles. The van der Waals surface area contributed by atoms with Gasteiger partial charge in [0.05, 0.1) is 12.1 Å². The number of amides is 1. The minimum Gasteiger partial charge on any atom is -0.376 e. The van der Waals surface area contributed by atoms with Gasteiger partial charge in [0.25, 0.3) is 0 Å². The van der Waals surface area contributed by atoms with Gasteiger partial charge in [0.2, 0.25) is 5.91 Å². The molecule has 0 aliphatic rings. The second-order valence-corrected chi connectivity index (χ2v) is 5.31. The quantitative estimate of drug-likeness (QED) is 0.775. The number of hydrogen-bond donors (Lipinski definition) is 2. The number of aryl methyl sites for hydroxylation is 1. The van der Waals surface area contributed by atoms with Crippen molar-refractivity contribution in [2.75, 3.05) is 38.0 Å². The molecule has 0 saturated carbocycles. The van der Waals surface area contributed by atoms with Crippen molar-refractivity contribution in [1.82, 2.24) is 20.0 Å². The summed E-state index contributed by atoms with van der Waals surface area (Å²) in [6, 6.07) is 5.90. The number of nitrogens with zero attached hydrogens (tertiary/aromatic N) is 3. The first-order valence-corrected chi connectivity index (χ1v) is 7.78. The molecular weight excluding hydrogens is 278 g/mol. The predicted octanol–water partition coefficient (Wildman–Crippen LogP) is 1.44. The van der Waals surface area contributed by atoms with Crippen molar-refractivity contribution in [2.45, 2.75) is 13.8 Å². The Morgan fingerprint density at radius 3 is 2.82 bits per heavy atom. The molecule has 0 aliphatic carbocycles. The number of anilines is 1. The standard InChI is InChI=1S/C16H25N5O/c1-4-21(5-2)9-8-17-16(22)11-18-14-6-7-15-13(10-14)12-20(3)19-15/h6-7,10,12,18H,4-5,8-9,11H2,1-3H3,(H,17,22). The molecule has 2 rings (SSSR count). The van der Waals surface area contributed by atoms with Gasteiger partial charge in [-0.2, -0.15) is 5.10 Å². The Labute approximate surface area is 131 Å². The molecule has 22 heavy (non-hydrogen) atoms. The zero-order chi connectivity index (χ0) is 15.9. The summed E-state index contributed by atoms with van der Waals surface area (Å²) < 4.78 is 1.79. The van der Waals surface area contributed by atoms with Gasteiger partial charge in [0.1, 0.15) is 0 Å². The molecule has 0 unspecified atom stereocenters. The predicted molar refractivity (Wildman–Crippen MR) is 90.0 cm³/mol. The van der Waals surface area contributed by atoms with Crippen molar-refractivity contribution in [3.63, 3.8) is 0 Å². The number of likely N-dealkylation sites (N-methyl/N-ethyl adjacent to an activating group) is 1. The van der Waals surface area contributed by atoms with Gasteiger partial charge < -0.3 is 15.5 Å². The highest BCUT2D eigenvalue weighted by Crippen LogP contribution is 2.17. The summed E-state index contributed by atoms with van der Waals surface area (Å²) >= 11 is 0. The monoisotopic (exact) mass is 303 g/mol. The van der Waals surface area contributed by atoms with Crippen LogP contribution in [0.4, 0.5) is 5.69 Å². The zero-order valence-corrected chi connectivity index (χ0v) is 13.6. The Kier molecular flexibility index (Phi) is 5.77. The van der Waals surface area contributed by atoms with Crippen LogP contribution in [0, 0.1) is 0 Å². The van der Waals surface area contributed by atoms with Gasteiger partial charge in [0, 0.05) is 37.4 Å². The number of benzene rings is 1. The summed E-state index contributed by atoms with van der Waals surface area (Å²) in [6.07, 6.45) is 1.96. The lowest BCUT2D eigenvalue weighted by atomic mass is 10.2. The molecule has 1 heterocycles. The van der Waals surface area contributed by atoms with Gasteiger partial charge in [-0.3, -0.25) is 9.48 Å². The van der Waals surface area contributed by atoms with Crippen molar-refractivity contribution >= 4 is 22.5 Å². The smallest absolute Gasteiger partial charge is 0.239 e. The first-order valence-electron chi connectivity index (χ1n) is 7.78. The Hall–Kier alpha value is -2.08. The Bertz CT molecular complexity index is 618. The molecule has 1 amide bonds. The maximum Gasteiger partial charge on any atom is 0.239 e. The zero-order valence-electron chi connectivity index (χ0n) is 13.6. The number of nitrogens with one attached hydrogen (secondary N) is 2. The number of fused-ring (bicyclic) bond motifs is 1. The van der Waals surface area contributed by atoms with Crippen molar-refractivity contribution in [3.05, 3.63) is 24.4 Å². The second-order valence-electron chi connectivity index (χ2n) is 5.31. The van der Waals surface area contributed by atoms with Crippen LogP contribution in [0.3, 0.4) is 0 Å². The Morgan fingerprint density at radius 2 is 2.09 bits per heavy atom. The molecule has 0 fully saturated rings. The van der Waals surface area contributed by atoms with E-state index in [1.54, 1.807) is 4.68 Å². The Balaban J connectivity index is 1.77. The van der Waals surface area contributed by atoms with Gasteiger partial charge in [-0.15, -0.1) is 0 Å². The van der Waals surface area contributed by atoms with E-state index in [0.717, 1.165) is 36.2 Å². The molecule has 120 valence electrons. The molecule has 2 N–H and O–H groups in total. The van der Waals surface area contributed by atoms with Crippen LogP contribution in [-0.2, 0) is 11.8 Å². The molecule has 0 aliphatic heterocycles. The lowest BCUT2D eigenvalue weighted by molar-refractivity contribution is -0.119. The van der Waals surface area contributed by atoms with Crippen molar-refractivity contribution in [3.8, 4) is 0 Å². The van der Waals surface area contributed by atoms with E-state index in [1.807, 2.05) is 31.4 Å². The molecule has 0 spiro atoms. The first-order chi connectivity index (χ1) is 10.6. The third-order valence-electron chi connectivity index (χ3n) is 3.72. The highest BCUT2D eigenvalue weighted by atomic mass is 16.1. The van der Waals surface area contributed by atoms with E-state index in [0.29, 0.717) is 6.54 Å². The van der Waals surface area contributed by atoms with E-state index in [9.17, 15) is 4.79 Å². The average Bonchev–Trinajstić information content (AvgIpc) is 2.88. The third kappa shape index (κ3) is 4.46. The van der Waals surface area contributed by atoms with Crippen LogP contribution < -0.4 is 10.6 Å². The molecule has 6 heteroatoms. The summed E-state index contributed by atoms with van der Waals surface area (Å²) in [5, 5.41) is 11.5. The van der Waals surface area contributed by atoms with Crippen LogP contribution in [0.25, 0.3) is 10.9 Å². The third-order valence-corrected chi connectivity index (χ3v) is 3.72. The van der Waals surface area contributed by atoms with Crippen LogP contribution in [-0.4, -0.2) is 53.3 Å². The normalized spacial score (nSPS) is 11.1. The van der Waals surface area contributed by atoms with E-state index < -0.39 is 0 Å². The van der Waals surface area contributed by atoms with Gasteiger partial charge in [-0.25, -0.2) is 0 Å². The minimum absolute atomic E-state index is 0.0124. The molecule has 1 aromatic carbocycles. The van der Waals surface area contributed by atoms with Crippen molar-refractivity contribution in [2.24, 2.45) is 7.05 Å². The van der Waals surface area contributed by atoms with Gasteiger partial charge in [0.15, 0.2) is 0 Å². The Morgan fingerprint density at radius 1 is 1.32 bits per heavy atom. The van der Waals surface area contributed by atoms with E-state index in [-0.39, 0.29) is 12.5 Å². The average molecular weight is 303 g/mol. The summed E-state index contributed by atoms with van der Waals surface area (Å²) in [4.78, 5) is 14.1. The molecule has 6 nitrogen and oxygen atoms in total. The summed E-state index contributed by atoms with van der Waals surface area (Å²) in [6.45, 7) is 8.13.